The second-order valence-electron chi connectivity index (χ2n) is 5.41. The van der Waals surface area contributed by atoms with Gasteiger partial charge in [0.15, 0.2) is 6.10 Å². The van der Waals surface area contributed by atoms with E-state index in [1.807, 2.05) is 0 Å². The summed E-state index contributed by atoms with van der Waals surface area (Å²) in [6.45, 7) is 3.20. The van der Waals surface area contributed by atoms with Crippen molar-refractivity contribution in [2.24, 2.45) is 0 Å². The number of rotatable bonds is 4. The van der Waals surface area contributed by atoms with Crippen molar-refractivity contribution in [3.05, 3.63) is 52.8 Å². The molecule has 3 rings (SSSR count). The molecule has 1 N–H and O–H groups in total. The molecule has 8 heteroatoms. The first-order valence-electron chi connectivity index (χ1n) is 7.44. The smallest absolute Gasteiger partial charge is 0.338 e. The first-order chi connectivity index (χ1) is 11.9. The summed E-state index contributed by atoms with van der Waals surface area (Å²) in [5.41, 5.74) is 1.60. The van der Waals surface area contributed by atoms with Gasteiger partial charge in [-0.2, -0.15) is 0 Å². The third-order valence-corrected chi connectivity index (χ3v) is 3.63. The summed E-state index contributed by atoms with van der Waals surface area (Å²) >= 11 is 5.83. The number of carbonyl (C=O) groups excluding carboxylic acids is 2. The van der Waals surface area contributed by atoms with Gasteiger partial charge in [-0.1, -0.05) is 16.8 Å². The molecule has 7 nitrogen and oxygen atoms in total. The fourth-order valence-electron chi connectivity index (χ4n) is 2.16. The van der Waals surface area contributed by atoms with Gasteiger partial charge in [0.05, 0.1) is 16.8 Å². The number of amides is 1. The molecule has 25 heavy (non-hydrogen) atoms. The number of anilines is 1. The number of aryl methyl sites for hydroxylation is 1. The zero-order valence-corrected chi connectivity index (χ0v) is 14.2. The molecule has 2 aromatic heterocycles. The molecule has 0 fully saturated rings. The molecule has 0 saturated carbocycles. The van der Waals surface area contributed by atoms with Crippen LogP contribution < -0.4 is 5.32 Å². The van der Waals surface area contributed by atoms with Crippen LogP contribution in [0.4, 0.5) is 5.88 Å². The lowest BCUT2D eigenvalue weighted by molar-refractivity contribution is -0.123. The van der Waals surface area contributed by atoms with E-state index in [4.69, 9.17) is 20.9 Å². The third-order valence-electron chi connectivity index (χ3n) is 3.42. The molecule has 0 saturated heterocycles. The van der Waals surface area contributed by atoms with E-state index in [0.717, 1.165) is 5.39 Å². The molecule has 128 valence electrons. The van der Waals surface area contributed by atoms with Gasteiger partial charge >= 0.3 is 5.97 Å². The predicted molar refractivity (Wildman–Crippen MR) is 91.5 cm³/mol. The molecule has 3 aromatic rings. The molecule has 0 aliphatic rings. The van der Waals surface area contributed by atoms with Gasteiger partial charge in [-0.15, -0.1) is 0 Å². The Morgan fingerprint density at radius 3 is 2.76 bits per heavy atom. The van der Waals surface area contributed by atoms with Crippen molar-refractivity contribution in [1.29, 1.82) is 0 Å². The van der Waals surface area contributed by atoms with Crippen LogP contribution >= 0.6 is 11.6 Å². The number of carbonyl (C=O) groups is 2. The minimum absolute atomic E-state index is 0.194. The third kappa shape index (κ3) is 3.95. The van der Waals surface area contributed by atoms with E-state index < -0.39 is 18.0 Å². The molecule has 1 amide bonds. The second kappa shape index (κ2) is 6.90. The SMILES string of the molecule is Cc1cc(NC(=O)C(C)OC(=O)c2ccc3nc(Cl)ccc3c2)on1. The summed E-state index contributed by atoms with van der Waals surface area (Å²) in [6.07, 6.45) is -1.00. The van der Waals surface area contributed by atoms with Crippen LogP contribution in [0.2, 0.25) is 5.15 Å². The maximum absolute atomic E-state index is 12.2. The van der Waals surface area contributed by atoms with E-state index in [2.05, 4.69) is 15.5 Å². The van der Waals surface area contributed by atoms with Crippen molar-refractivity contribution in [2.45, 2.75) is 20.0 Å². The fourth-order valence-corrected chi connectivity index (χ4v) is 2.31. The normalized spacial score (nSPS) is 12.0. The van der Waals surface area contributed by atoms with E-state index in [9.17, 15) is 9.59 Å². The molecule has 1 aromatic carbocycles. The highest BCUT2D eigenvalue weighted by Crippen LogP contribution is 2.18. The molecule has 1 unspecified atom stereocenters. The van der Waals surface area contributed by atoms with E-state index >= 15 is 0 Å². The first kappa shape index (κ1) is 16.9. The Hall–Kier alpha value is -2.93. The van der Waals surface area contributed by atoms with Crippen LogP contribution in [0, 0.1) is 6.92 Å². The zero-order valence-electron chi connectivity index (χ0n) is 13.4. The average Bonchev–Trinajstić information content (AvgIpc) is 2.99. The summed E-state index contributed by atoms with van der Waals surface area (Å²) in [7, 11) is 0. The highest BCUT2D eigenvalue weighted by atomic mass is 35.5. The zero-order chi connectivity index (χ0) is 18.0. The number of aromatic nitrogens is 2. The number of halogens is 1. The summed E-state index contributed by atoms with van der Waals surface area (Å²) in [5, 5.41) is 7.26. The van der Waals surface area contributed by atoms with E-state index in [1.54, 1.807) is 43.3 Å². The van der Waals surface area contributed by atoms with Crippen LogP contribution in [0.5, 0.6) is 0 Å². The number of pyridine rings is 1. The van der Waals surface area contributed by atoms with Crippen LogP contribution in [0.3, 0.4) is 0 Å². The Balaban J connectivity index is 1.68. The fraction of sp³-hybridized carbons (Fsp3) is 0.176. The lowest BCUT2D eigenvalue weighted by Crippen LogP contribution is -2.29. The Morgan fingerprint density at radius 1 is 1.24 bits per heavy atom. The molecule has 1 atom stereocenters. The van der Waals surface area contributed by atoms with Crippen LogP contribution in [-0.2, 0) is 9.53 Å². The van der Waals surface area contributed by atoms with Crippen LogP contribution in [0.15, 0.2) is 40.9 Å². The van der Waals surface area contributed by atoms with Gasteiger partial charge in [0.25, 0.3) is 5.91 Å². The topological polar surface area (TPSA) is 94.3 Å². The highest BCUT2D eigenvalue weighted by molar-refractivity contribution is 6.29. The second-order valence-corrected chi connectivity index (χ2v) is 5.80. The van der Waals surface area contributed by atoms with Gasteiger partial charge in [0, 0.05) is 11.5 Å². The molecule has 0 aliphatic carbocycles. The minimum Gasteiger partial charge on any atom is -0.449 e. The molecule has 0 bridgehead atoms. The van der Waals surface area contributed by atoms with E-state index in [0.29, 0.717) is 21.9 Å². The Kier molecular flexibility index (Phi) is 4.67. The van der Waals surface area contributed by atoms with Gasteiger partial charge in [-0.25, -0.2) is 9.78 Å². The molecule has 0 spiro atoms. The Labute approximate surface area is 147 Å². The summed E-state index contributed by atoms with van der Waals surface area (Å²) in [5.74, 6) is -0.939. The van der Waals surface area contributed by atoms with Crippen molar-refractivity contribution in [1.82, 2.24) is 10.1 Å². The number of ether oxygens (including phenoxy) is 1. The van der Waals surface area contributed by atoms with Gasteiger partial charge in [-0.05, 0) is 44.2 Å². The van der Waals surface area contributed by atoms with Gasteiger partial charge in [-0.3, -0.25) is 10.1 Å². The van der Waals surface area contributed by atoms with Crippen molar-refractivity contribution < 1.29 is 18.8 Å². The quantitative estimate of drug-likeness (QED) is 0.567. The molecule has 0 radical (unpaired) electrons. The standard InChI is InChI=1S/C17H14ClN3O4/c1-9-7-15(25-21-9)20-16(22)10(2)24-17(23)12-3-5-13-11(8-12)4-6-14(18)19-13/h3-8,10H,1-2H3,(H,20,22). The van der Waals surface area contributed by atoms with Crippen LogP contribution in [-0.4, -0.2) is 28.1 Å². The van der Waals surface area contributed by atoms with Gasteiger partial charge in [0.1, 0.15) is 5.15 Å². The van der Waals surface area contributed by atoms with Gasteiger partial charge < -0.3 is 9.26 Å². The van der Waals surface area contributed by atoms with Crippen molar-refractivity contribution in [2.75, 3.05) is 5.32 Å². The number of fused-ring (bicyclic) bond motifs is 1. The monoisotopic (exact) mass is 359 g/mol. The summed E-state index contributed by atoms with van der Waals surface area (Å²) in [6, 6.07) is 9.82. The summed E-state index contributed by atoms with van der Waals surface area (Å²) < 4.78 is 10.1. The number of nitrogens with zero attached hydrogens (tertiary/aromatic N) is 2. The minimum atomic E-state index is -1.00. The number of nitrogens with one attached hydrogen (secondary N) is 1. The molecule has 0 aliphatic heterocycles. The number of hydrogen-bond acceptors (Lipinski definition) is 6. The largest absolute Gasteiger partial charge is 0.449 e. The predicted octanol–water partition coefficient (Wildman–Crippen LogP) is 3.37. The van der Waals surface area contributed by atoms with Crippen molar-refractivity contribution in [3.63, 3.8) is 0 Å². The highest BCUT2D eigenvalue weighted by Gasteiger charge is 2.20. The lowest BCUT2D eigenvalue weighted by Gasteiger charge is -2.12. The van der Waals surface area contributed by atoms with Crippen LogP contribution in [0.25, 0.3) is 10.9 Å². The molecular weight excluding hydrogens is 346 g/mol. The molecule has 2 heterocycles. The Morgan fingerprint density at radius 2 is 2.04 bits per heavy atom. The number of hydrogen-bond donors (Lipinski definition) is 1. The van der Waals surface area contributed by atoms with Crippen molar-refractivity contribution >= 4 is 40.3 Å². The Bertz CT molecular complexity index is 954. The van der Waals surface area contributed by atoms with Gasteiger partial charge in [0.2, 0.25) is 5.88 Å². The lowest BCUT2D eigenvalue weighted by atomic mass is 10.1. The number of benzene rings is 1. The number of esters is 1. The van der Waals surface area contributed by atoms with Crippen molar-refractivity contribution in [3.8, 4) is 0 Å². The summed E-state index contributed by atoms with van der Waals surface area (Å²) in [4.78, 5) is 28.4. The molecular formula is C17H14ClN3O4. The average molecular weight is 360 g/mol. The van der Waals surface area contributed by atoms with Crippen LogP contribution in [0.1, 0.15) is 23.0 Å². The van der Waals surface area contributed by atoms with E-state index in [-0.39, 0.29) is 5.88 Å². The maximum Gasteiger partial charge on any atom is 0.338 e. The van der Waals surface area contributed by atoms with E-state index in [1.165, 1.54) is 6.92 Å². The first-order valence-corrected chi connectivity index (χ1v) is 7.81. The maximum atomic E-state index is 12.2.